The van der Waals surface area contributed by atoms with E-state index in [1.165, 1.54) is 6.92 Å². The number of benzene rings is 2. The van der Waals surface area contributed by atoms with Crippen molar-refractivity contribution >= 4 is 23.5 Å². The van der Waals surface area contributed by atoms with Crippen molar-refractivity contribution in [1.29, 1.82) is 0 Å². The van der Waals surface area contributed by atoms with E-state index in [1.807, 2.05) is 50.2 Å². The number of pyridine rings is 1. The van der Waals surface area contributed by atoms with Crippen molar-refractivity contribution in [1.82, 2.24) is 20.9 Å². The molecule has 3 N–H and O–H groups in total. The van der Waals surface area contributed by atoms with Crippen molar-refractivity contribution in [3.05, 3.63) is 89.6 Å². The van der Waals surface area contributed by atoms with Gasteiger partial charge in [0, 0.05) is 17.3 Å². The van der Waals surface area contributed by atoms with Gasteiger partial charge in [-0.2, -0.15) is 13.2 Å². The molecule has 3 amide bonds. The molecular weight excluding hydrogens is 549 g/mol. The third-order valence-corrected chi connectivity index (χ3v) is 6.36. The van der Waals surface area contributed by atoms with Crippen molar-refractivity contribution in [2.75, 3.05) is 6.54 Å². The first-order chi connectivity index (χ1) is 19.8. The van der Waals surface area contributed by atoms with Crippen molar-refractivity contribution < 1.29 is 32.3 Å². The minimum Gasteiger partial charge on any atom is -0.349 e. The molecule has 0 radical (unpaired) electrons. The van der Waals surface area contributed by atoms with Gasteiger partial charge in [-0.15, -0.1) is 0 Å². The average Bonchev–Trinajstić information content (AvgIpc) is 2.95. The average molecular weight is 583 g/mol. The molecule has 0 spiro atoms. The minimum absolute atomic E-state index is 0.0184. The molecule has 1 unspecified atom stereocenters. The molecule has 1 aromatic heterocycles. The summed E-state index contributed by atoms with van der Waals surface area (Å²) in [6.45, 7) is 4.82. The summed E-state index contributed by atoms with van der Waals surface area (Å²) in [6.07, 6.45) is -2.59. The van der Waals surface area contributed by atoms with Gasteiger partial charge in [0.05, 0.1) is 30.3 Å². The van der Waals surface area contributed by atoms with Crippen molar-refractivity contribution in [3.8, 4) is 11.3 Å². The van der Waals surface area contributed by atoms with E-state index in [2.05, 4.69) is 20.9 Å². The van der Waals surface area contributed by atoms with Crippen LogP contribution in [0, 0.1) is 5.92 Å². The van der Waals surface area contributed by atoms with Crippen LogP contribution >= 0.6 is 0 Å². The van der Waals surface area contributed by atoms with E-state index in [1.54, 1.807) is 12.3 Å². The number of nitrogens with zero attached hydrogens (tertiary/aromatic N) is 1. The Balaban J connectivity index is 1.53. The standard InChI is InChI=1S/C31H33F3N4O4/c1-19(2)15-26(38-29(41)22-10-12-24(13-11-22)31(32,33)34)30(42)37-20(3)27(39)18-36-28(40)17-21-7-6-8-23(16-21)25-9-4-5-14-35-25/h4-14,16,19-20,26H,15,17-18H2,1-3H3,(H,36,40)(H,37,42)(H,38,41)/t20?,26-/m0/s1. The van der Waals surface area contributed by atoms with E-state index in [0.29, 0.717) is 0 Å². The molecule has 1 heterocycles. The summed E-state index contributed by atoms with van der Waals surface area (Å²) in [6, 6.07) is 14.5. The molecule has 222 valence electrons. The number of halogens is 3. The summed E-state index contributed by atoms with van der Waals surface area (Å²) in [5, 5.41) is 7.67. The van der Waals surface area contributed by atoms with Crippen LogP contribution in [0.5, 0.6) is 0 Å². The summed E-state index contributed by atoms with van der Waals surface area (Å²) < 4.78 is 38.5. The van der Waals surface area contributed by atoms with Gasteiger partial charge in [0.25, 0.3) is 5.91 Å². The molecule has 2 atom stereocenters. The molecule has 0 saturated carbocycles. The lowest BCUT2D eigenvalue weighted by atomic mass is 10.0. The zero-order valence-electron chi connectivity index (χ0n) is 23.5. The molecule has 2 aromatic carbocycles. The zero-order valence-corrected chi connectivity index (χ0v) is 23.5. The number of rotatable bonds is 12. The maximum absolute atomic E-state index is 13.0. The molecular formula is C31H33F3N4O4. The first-order valence-electron chi connectivity index (χ1n) is 13.4. The van der Waals surface area contributed by atoms with Gasteiger partial charge in [0.1, 0.15) is 6.04 Å². The number of alkyl halides is 3. The maximum Gasteiger partial charge on any atom is 0.416 e. The van der Waals surface area contributed by atoms with Crippen LogP contribution in [0.1, 0.15) is 48.7 Å². The number of Topliss-reactive ketones (excluding diaryl/α,β-unsaturated/α-hetero) is 1. The second kappa shape index (κ2) is 14.4. The summed E-state index contributed by atoms with van der Waals surface area (Å²) in [5.74, 6) is -2.18. The number of carbonyl (C=O) groups excluding carboxylic acids is 4. The molecule has 11 heteroatoms. The number of nitrogens with one attached hydrogen (secondary N) is 3. The number of hydrogen-bond donors (Lipinski definition) is 3. The molecule has 3 rings (SSSR count). The normalized spacial score (nSPS) is 12.7. The van der Waals surface area contributed by atoms with Crippen molar-refractivity contribution in [2.24, 2.45) is 5.92 Å². The molecule has 0 saturated heterocycles. The number of amides is 3. The quantitative estimate of drug-likeness (QED) is 0.294. The molecule has 0 fully saturated rings. The summed E-state index contributed by atoms with van der Waals surface area (Å²) >= 11 is 0. The van der Waals surface area contributed by atoms with Gasteiger partial charge < -0.3 is 16.0 Å². The smallest absolute Gasteiger partial charge is 0.349 e. The highest BCUT2D eigenvalue weighted by molar-refractivity contribution is 5.99. The van der Waals surface area contributed by atoms with Crippen LogP contribution < -0.4 is 16.0 Å². The van der Waals surface area contributed by atoms with Gasteiger partial charge in [-0.1, -0.05) is 38.1 Å². The predicted molar refractivity (Wildman–Crippen MR) is 151 cm³/mol. The Bertz CT molecular complexity index is 1390. The Hall–Kier alpha value is -4.54. The van der Waals surface area contributed by atoms with Gasteiger partial charge >= 0.3 is 6.18 Å². The van der Waals surface area contributed by atoms with Crippen LogP contribution in [-0.2, 0) is 27.0 Å². The Labute approximate surface area is 242 Å². The van der Waals surface area contributed by atoms with Crippen LogP contribution in [0.2, 0.25) is 0 Å². The van der Waals surface area contributed by atoms with E-state index in [-0.39, 0.29) is 36.8 Å². The molecule has 0 aliphatic carbocycles. The fourth-order valence-electron chi connectivity index (χ4n) is 4.11. The SMILES string of the molecule is CC(C)C[C@H](NC(=O)c1ccc(C(F)(F)F)cc1)C(=O)NC(C)C(=O)CNC(=O)Cc1cccc(-c2ccccn2)c1. The largest absolute Gasteiger partial charge is 0.416 e. The van der Waals surface area contributed by atoms with Gasteiger partial charge in [-0.25, -0.2) is 0 Å². The second-order valence-electron chi connectivity index (χ2n) is 10.3. The third kappa shape index (κ3) is 9.53. The number of carbonyl (C=O) groups is 4. The highest BCUT2D eigenvalue weighted by Gasteiger charge is 2.31. The Kier molecular flexibility index (Phi) is 11.0. The highest BCUT2D eigenvalue weighted by Crippen LogP contribution is 2.29. The van der Waals surface area contributed by atoms with Crippen LogP contribution in [0.3, 0.4) is 0 Å². The molecule has 0 aliphatic heterocycles. The second-order valence-corrected chi connectivity index (χ2v) is 10.3. The molecule has 8 nitrogen and oxygen atoms in total. The maximum atomic E-state index is 13.0. The Morgan fingerprint density at radius 2 is 1.60 bits per heavy atom. The summed E-state index contributed by atoms with van der Waals surface area (Å²) in [5.41, 5.74) is 1.43. The predicted octanol–water partition coefficient (Wildman–Crippen LogP) is 4.34. The lowest BCUT2D eigenvalue weighted by Crippen LogP contribution is -2.52. The van der Waals surface area contributed by atoms with Gasteiger partial charge in [0.2, 0.25) is 11.8 Å². The van der Waals surface area contributed by atoms with Crippen LogP contribution in [0.25, 0.3) is 11.3 Å². The topological polar surface area (TPSA) is 117 Å². The van der Waals surface area contributed by atoms with Crippen LogP contribution in [0.4, 0.5) is 13.2 Å². The minimum atomic E-state index is -4.54. The molecule has 0 aliphatic rings. The van der Waals surface area contributed by atoms with E-state index < -0.39 is 41.4 Å². The first kappa shape index (κ1) is 32.0. The van der Waals surface area contributed by atoms with Crippen molar-refractivity contribution in [3.63, 3.8) is 0 Å². The van der Waals surface area contributed by atoms with E-state index in [4.69, 9.17) is 0 Å². The van der Waals surface area contributed by atoms with Gasteiger partial charge in [-0.05, 0) is 67.3 Å². The fraction of sp³-hybridized carbons (Fsp3) is 0.323. The molecule has 0 bridgehead atoms. The van der Waals surface area contributed by atoms with Gasteiger partial charge in [0.15, 0.2) is 5.78 Å². The zero-order chi connectivity index (χ0) is 30.9. The first-order valence-corrected chi connectivity index (χ1v) is 13.4. The number of aromatic nitrogens is 1. The summed E-state index contributed by atoms with van der Waals surface area (Å²) in [7, 11) is 0. The molecule has 42 heavy (non-hydrogen) atoms. The highest BCUT2D eigenvalue weighted by atomic mass is 19.4. The third-order valence-electron chi connectivity index (χ3n) is 6.36. The van der Waals surface area contributed by atoms with E-state index in [0.717, 1.165) is 41.1 Å². The Morgan fingerprint density at radius 3 is 2.21 bits per heavy atom. The summed E-state index contributed by atoms with van der Waals surface area (Å²) in [4.78, 5) is 55.1. The monoisotopic (exact) mass is 582 g/mol. The fourth-order valence-corrected chi connectivity index (χ4v) is 4.11. The molecule has 3 aromatic rings. The van der Waals surface area contributed by atoms with Crippen LogP contribution in [-0.4, -0.2) is 47.1 Å². The number of ketones is 1. The van der Waals surface area contributed by atoms with Gasteiger partial charge in [-0.3, -0.25) is 24.2 Å². The van der Waals surface area contributed by atoms with E-state index >= 15 is 0 Å². The lowest BCUT2D eigenvalue weighted by molar-refractivity contribution is -0.137. The van der Waals surface area contributed by atoms with E-state index in [9.17, 15) is 32.3 Å². The number of hydrogen-bond acceptors (Lipinski definition) is 5. The Morgan fingerprint density at radius 1 is 0.881 bits per heavy atom. The van der Waals surface area contributed by atoms with Crippen molar-refractivity contribution in [2.45, 2.75) is 51.9 Å². The lowest BCUT2D eigenvalue weighted by Gasteiger charge is -2.22. The van der Waals surface area contributed by atoms with Crippen LogP contribution in [0.15, 0.2) is 72.9 Å².